The van der Waals surface area contributed by atoms with Crippen molar-refractivity contribution in [3.8, 4) is 22.6 Å². The van der Waals surface area contributed by atoms with Gasteiger partial charge >= 0.3 is 0 Å². The van der Waals surface area contributed by atoms with Gasteiger partial charge in [0, 0.05) is 17.4 Å². The molecule has 0 amide bonds. The van der Waals surface area contributed by atoms with Gasteiger partial charge in [-0.05, 0) is 75.6 Å². The third-order valence-electron chi connectivity index (χ3n) is 4.69. The van der Waals surface area contributed by atoms with E-state index in [0.29, 0.717) is 23.8 Å². The smallest absolute Gasteiger partial charge is 0.133 e. The van der Waals surface area contributed by atoms with E-state index in [0.717, 1.165) is 23.3 Å². The van der Waals surface area contributed by atoms with Crippen LogP contribution in [0, 0.1) is 24.6 Å². The zero-order valence-corrected chi connectivity index (χ0v) is 15.7. The molecule has 0 aromatic heterocycles. The van der Waals surface area contributed by atoms with Crippen molar-refractivity contribution in [3.05, 3.63) is 47.8 Å². The van der Waals surface area contributed by atoms with E-state index in [2.05, 4.69) is 0 Å². The molecule has 3 nitrogen and oxygen atoms in total. The highest BCUT2D eigenvalue weighted by Crippen LogP contribution is 2.40. The van der Waals surface area contributed by atoms with Crippen molar-refractivity contribution in [2.24, 2.45) is 11.8 Å². The predicted octanol–water partition coefficient (Wildman–Crippen LogP) is 5.19. The van der Waals surface area contributed by atoms with Gasteiger partial charge in [-0.25, -0.2) is 4.39 Å². The third kappa shape index (κ3) is 4.24. The molecule has 0 heterocycles. The van der Waals surface area contributed by atoms with Gasteiger partial charge in [0.15, 0.2) is 0 Å². The van der Waals surface area contributed by atoms with Crippen LogP contribution in [0.15, 0.2) is 36.4 Å². The number of hydrogen-bond donors (Lipinski definition) is 0. The molecule has 3 rings (SSSR count). The Kier molecular flexibility index (Phi) is 5.30. The molecule has 0 saturated heterocycles. The lowest BCUT2D eigenvalue weighted by molar-refractivity contribution is -0.118. The van der Waals surface area contributed by atoms with E-state index in [-0.39, 0.29) is 23.6 Å². The molecule has 2 unspecified atom stereocenters. The van der Waals surface area contributed by atoms with Crippen LogP contribution in [0.25, 0.3) is 11.1 Å². The summed E-state index contributed by atoms with van der Waals surface area (Å²) < 4.78 is 25.8. The van der Waals surface area contributed by atoms with Crippen LogP contribution in [0.5, 0.6) is 11.5 Å². The molecule has 1 aliphatic rings. The number of carbonyl (C=O) groups is 1. The Morgan fingerprint density at radius 3 is 2.62 bits per heavy atom. The van der Waals surface area contributed by atoms with Crippen molar-refractivity contribution in [2.75, 3.05) is 6.61 Å². The van der Waals surface area contributed by atoms with Gasteiger partial charge in [0.2, 0.25) is 0 Å². The molecule has 1 aliphatic carbocycles. The third-order valence-corrected chi connectivity index (χ3v) is 4.69. The highest BCUT2D eigenvalue weighted by atomic mass is 19.1. The molecule has 0 radical (unpaired) electrons. The summed E-state index contributed by atoms with van der Waals surface area (Å²) in [6, 6.07) is 10.4. The lowest BCUT2D eigenvalue weighted by atomic mass is 10.0. The van der Waals surface area contributed by atoms with Crippen molar-refractivity contribution in [1.82, 2.24) is 0 Å². The van der Waals surface area contributed by atoms with Gasteiger partial charge in [0.1, 0.15) is 23.1 Å². The molecular weight excluding hydrogens is 331 g/mol. The maximum absolute atomic E-state index is 14.3. The molecular formula is C22H25FO3. The first-order chi connectivity index (χ1) is 12.3. The molecule has 2 aromatic carbocycles. The topological polar surface area (TPSA) is 35.5 Å². The number of carbonyl (C=O) groups excluding carboxylic acids is 1. The van der Waals surface area contributed by atoms with Crippen molar-refractivity contribution >= 4 is 5.78 Å². The van der Waals surface area contributed by atoms with Gasteiger partial charge in [-0.15, -0.1) is 0 Å². The minimum Gasteiger partial charge on any atom is -0.493 e. The molecule has 1 fully saturated rings. The van der Waals surface area contributed by atoms with Crippen LogP contribution in [0.4, 0.5) is 4.39 Å². The van der Waals surface area contributed by atoms with E-state index in [9.17, 15) is 9.18 Å². The molecule has 2 aromatic rings. The van der Waals surface area contributed by atoms with E-state index < -0.39 is 0 Å². The lowest BCUT2D eigenvalue weighted by Gasteiger charge is -2.14. The van der Waals surface area contributed by atoms with Gasteiger partial charge in [0.25, 0.3) is 0 Å². The molecule has 0 N–H and O–H groups in total. The number of ether oxygens (including phenoxy) is 2. The summed E-state index contributed by atoms with van der Waals surface area (Å²) in [5, 5.41) is 0. The van der Waals surface area contributed by atoms with Gasteiger partial charge in [-0.2, -0.15) is 0 Å². The van der Waals surface area contributed by atoms with Crippen LogP contribution in [-0.4, -0.2) is 18.5 Å². The van der Waals surface area contributed by atoms with E-state index in [1.807, 2.05) is 39.0 Å². The summed E-state index contributed by atoms with van der Waals surface area (Å²) >= 11 is 0. The minimum absolute atomic E-state index is 0.0343. The number of rotatable bonds is 7. The Morgan fingerprint density at radius 1 is 1.23 bits per heavy atom. The monoisotopic (exact) mass is 356 g/mol. The highest BCUT2D eigenvalue weighted by Gasteiger charge is 2.41. The largest absolute Gasteiger partial charge is 0.493 e. The Labute approximate surface area is 154 Å². The van der Waals surface area contributed by atoms with Gasteiger partial charge < -0.3 is 9.47 Å². The van der Waals surface area contributed by atoms with E-state index >= 15 is 0 Å². The second-order valence-electron chi connectivity index (χ2n) is 7.31. The summed E-state index contributed by atoms with van der Waals surface area (Å²) in [7, 11) is 0. The SMILES string of the molecule is CC(=O)C1CC1COc1ccc(-c2cc(OC(C)C)ccc2F)cc1C. The van der Waals surface area contributed by atoms with E-state index in [1.165, 1.54) is 6.07 Å². The Balaban J connectivity index is 1.74. The molecule has 0 aliphatic heterocycles. The zero-order chi connectivity index (χ0) is 18.8. The normalized spacial score (nSPS) is 18.7. The fourth-order valence-electron chi connectivity index (χ4n) is 3.18. The van der Waals surface area contributed by atoms with Gasteiger partial charge in [-0.1, -0.05) is 6.07 Å². The summed E-state index contributed by atoms with van der Waals surface area (Å²) in [4.78, 5) is 11.3. The molecule has 0 bridgehead atoms. The Bertz CT molecular complexity index is 813. The van der Waals surface area contributed by atoms with Crippen LogP contribution in [0.3, 0.4) is 0 Å². The fourth-order valence-corrected chi connectivity index (χ4v) is 3.18. The van der Waals surface area contributed by atoms with Crippen molar-refractivity contribution in [2.45, 2.75) is 40.2 Å². The molecule has 1 saturated carbocycles. The van der Waals surface area contributed by atoms with Crippen LogP contribution < -0.4 is 9.47 Å². The standard InChI is InChI=1S/C22H25FO3/c1-13(2)26-18-6-7-21(23)20(11-18)16-5-8-22(14(3)9-16)25-12-17-10-19(17)15(4)24/h5-9,11,13,17,19H,10,12H2,1-4H3. The highest BCUT2D eigenvalue weighted by molar-refractivity contribution is 5.81. The summed E-state index contributed by atoms with van der Waals surface area (Å²) in [6.45, 7) is 8.01. The first-order valence-electron chi connectivity index (χ1n) is 9.05. The zero-order valence-electron chi connectivity index (χ0n) is 15.7. The number of halogens is 1. The Morgan fingerprint density at radius 2 is 2.00 bits per heavy atom. The fraction of sp³-hybridized carbons (Fsp3) is 0.409. The van der Waals surface area contributed by atoms with Gasteiger partial charge in [0.05, 0.1) is 12.7 Å². The molecule has 2 atom stereocenters. The minimum atomic E-state index is -0.281. The van der Waals surface area contributed by atoms with Crippen LogP contribution in [0.2, 0.25) is 0 Å². The second kappa shape index (κ2) is 7.48. The van der Waals surface area contributed by atoms with Crippen molar-refractivity contribution < 1.29 is 18.7 Å². The van der Waals surface area contributed by atoms with Crippen LogP contribution >= 0.6 is 0 Å². The number of ketones is 1. The van der Waals surface area contributed by atoms with Crippen LogP contribution in [-0.2, 0) is 4.79 Å². The first kappa shape index (κ1) is 18.4. The number of hydrogen-bond acceptors (Lipinski definition) is 3. The number of aryl methyl sites for hydroxylation is 1. The van der Waals surface area contributed by atoms with Crippen molar-refractivity contribution in [1.29, 1.82) is 0 Å². The predicted molar refractivity (Wildman–Crippen MR) is 100 cm³/mol. The quantitative estimate of drug-likeness (QED) is 0.685. The summed E-state index contributed by atoms with van der Waals surface area (Å²) in [5.74, 6) is 1.87. The molecule has 0 spiro atoms. The lowest BCUT2D eigenvalue weighted by Crippen LogP contribution is -2.06. The maximum atomic E-state index is 14.3. The molecule has 138 valence electrons. The Hall–Kier alpha value is -2.36. The van der Waals surface area contributed by atoms with Crippen LogP contribution in [0.1, 0.15) is 32.8 Å². The van der Waals surface area contributed by atoms with E-state index in [1.54, 1.807) is 19.1 Å². The molecule has 4 heteroatoms. The maximum Gasteiger partial charge on any atom is 0.133 e. The average Bonchev–Trinajstić information content (AvgIpc) is 3.35. The van der Waals surface area contributed by atoms with Crippen molar-refractivity contribution in [3.63, 3.8) is 0 Å². The average molecular weight is 356 g/mol. The summed E-state index contributed by atoms with van der Waals surface area (Å²) in [6.07, 6.45) is 0.951. The number of benzene rings is 2. The second-order valence-corrected chi connectivity index (χ2v) is 7.31. The number of Topliss-reactive ketones (excluding diaryl/α,β-unsaturated/α-hetero) is 1. The van der Waals surface area contributed by atoms with E-state index in [4.69, 9.17) is 9.47 Å². The molecule has 26 heavy (non-hydrogen) atoms. The summed E-state index contributed by atoms with van der Waals surface area (Å²) in [5.41, 5.74) is 2.24. The first-order valence-corrected chi connectivity index (χ1v) is 9.05. The van der Waals surface area contributed by atoms with Gasteiger partial charge in [-0.3, -0.25) is 4.79 Å².